The van der Waals surface area contributed by atoms with E-state index in [0.717, 1.165) is 31.1 Å². The molecule has 0 radical (unpaired) electrons. The Bertz CT molecular complexity index is 606. The Morgan fingerprint density at radius 1 is 0.840 bits per heavy atom. The second-order valence-electron chi connectivity index (χ2n) is 9.06. The molecule has 0 spiro atoms. The molecule has 1 aliphatic heterocycles. The highest BCUT2D eigenvalue weighted by Gasteiger charge is 2.52. The molecule has 5 aliphatic rings. The van der Waals surface area contributed by atoms with E-state index in [9.17, 15) is 10.4 Å². The molecule has 2 N–H and O–H groups in total. The van der Waals surface area contributed by atoms with E-state index in [1.807, 2.05) is 0 Å². The summed E-state index contributed by atoms with van der Waals surface area (Å²) in [6, 6.07) is 1.17. The summed E-state index contributed by atoms with van der Waals surface area (Å²) < 4.78 is 0. The zero-order valence-electron chi connectivity index (χ0n) is 15.1. The maximum absolute atomic E-state index is 9.55. The van der Waals surface area contributed by atoms with Crippen LogP contribution in [0.2, 0.25) is 0 Å². The average Bonchev–Trinajstić information content (AvgIpc) is 3.39. The minimum Gasteiger partial charge on any atom is -0.411 e. The highest BCUT2D eigenvalue weighted by molar-refractivity contribution is 5.95. The summed E-state index contributed by atoms with van der Waals surface area (Å²) in [6.07, 6.45) is 7.41. The van der Waals surface area contributed by atoms with Crippen molar-refractivity contribution in [2.45, 2.75) is 63.6 Å². The van der Waals surface area contributed by atoms with Crippen molar-refractivity contribution in [1.29, 1.82) is 0 Å². The number of fused-ring (bicyclic) bond motifs is 4. The summed E-state index contributed by atoms with van der Waals surface area (Å²) in [4.78, 5) is 5.17. The molecule has 1 heterocycles. The fraction of sp³-hybridized carbons (Fsp3) is 0.895. The van der Waals surface area contributed by atoms with Gasteiger partial charge in [0.05, 0.1) is 23.5 Å². The van der Waals surface area contributed by atoms with E-state index in [2.05, 4.69) is 27.0 Å². The quantitative estimate of drug-likeness (QED) is 0.594. The van der Waals surface area contributed by atoms with Crippen LogP contribution in [0.1, 0.15) is 45.4 Å². The summed E-state index contributed by atoms with van der Waals surface area (Å²) in [5.41, 5.74) is 2.10. The monoisotopic (exact) mass is 346 g/mol. The highest BCUT2D eigenvalue weighted by Crippen LogP contribution is 2.47. The van der Waals surface area contributed by atoms with Crippen LogP contribution in [0.3, 0.4) is 0 Å². The van der Waals surface area contributed by atoms with E-state index in [4.69, 9.17) is 0 Å². The number of nitrogens with zero attached hydrogens (tertiary/aromatic N) is 4. The van der Waals surface area contributed by atoms with Crippen molar-refractivity contribution in [3.05, 3.63) is 0 Å². The van der Waals surface area contributed by atoms with Crippen molar-refractivity contribution >= 4 is 11.4 Å². The lowest BCUT2D eigenvalue weighted by Crippen LogP contribution is -2.61. The van der Waals surface area contributed by atoms with Crippen LogP contribution < -0.4 is 0 Å². The standard InChI is InChI=1S/C19H30N4O2/c1-11-10-22(18-14-4-2-12(8-14)16(18)20-24)6-7-23(11)19-15-5-3-13(9-15)17(19)21-25/h11-15,18-19,24-25H,2-10H2,1H3/b20-16-,21-17-/t11-,12+,13+,14-,15-,18-,19-/m1/s1. The predicted octanol–water partition coefficient (Wildman–Crippen LogP) is 2.25. The first-order valence-electron chi connectivity index (χ1n) is 10.1. The van der Waals surface area contributed by atoms with E-state index in [1.54, 1.807) is 0 Å². The number of hydrogen-bond donors (Lipinski definition) is 2. The molecule has 4 aliphatic carbocycles. The van der Waals surface area contributed by atoms with Crippen molar-refractivity contribution in [3.63, 3.8) is 0 Å². The molecule has 0 amide bonds. The lowest BCUT2D eigenvalue weighted by molar-refractivity contribution is 0.0344. The lowest BCUT2D eigenvalue weighted by atomic mass is 9.88. The van der Waals surface area contributed by atoms with Crippen LogP contribution in [-0.4, -0.2) is 69.4 Å². The molecule has 6 heteroatoms. The van der Waals surface area contributed by atoms with Gasteiger partial charge in [0, 0.05) is 37.5 Å². The number of hydrogen-bond acceptors (Lipinski definition) is 6. The Kier molecular flexibility index (Phi) is 3.82. The molecule has 4 saturated carbocycles. The van der Waals surface area contributed by atoms with Gasteiger partial charge < -0.3 is 10.4 Å². The van der Waals surface area contributed by atoms with Gasteiger partial charge in [0.25, 0.3) is 0 Å². The van der Waals surface area contributed by atoms with Gasteiger partial charge in [-0.15, -0.1) is 0 Å². The summed E-state index contributed by atoms with van der Waals surface area (Å²) >= 11 is 0. The van der Waals surface area contributed by atoms with Crippen molar-refractivity contribution < 1.29 is 10.4 Å². The van der Waals surface area contributed by atoms with Crippen molar-refractivity contribution in [2.75, 3.05) is 19.6 Å². The molecule has 25 heavy (non-hydrogen) atoms. The average molecular weight is 346 g/mol. The molecule has 0 aromatic heterocycles. The maximum Gasteiger partial charge on any atom is 0.0775 e. The third-order valence-corrected chi connectivity index (χ3v) is 7.97. The third-order valence-electron chi connectivity index (χ3n) is 7.97. The smallest absolute Gasteiger partial charge is 0.0775 e. The van der Waals surface area contributed by atoms with Gasteiger partial charge in [-0.3, -0.25) is 9.80 Å². The molecule has 0 aromatic rings. The van der Waals surface area contributed by atoms with Gasteiger partial charge in [-0.1, -0.05) is 10.3 Å². The van der Waals surface area contributed by atoms with Gasteiger partial charge in [-0.2, -0.15) is 0 Å². The van der Waals surface area contributed by atoms with Crippen molar-refractivity contribution in [1.82, 2.24) is 9.80 Å². The molecule has 6 nitrogen and oxygen atoms in total. The SMILES string of the molecule is C[C@@H]1CN([C@H]2/C(=N\O)[C@H]3CC[C@@H]2C3)CCN1[C@H]1/C(=N\O)[C@H]2CC[C@@H]1C2. The molecular formula is C19H30N4O2. The van der Waals surface area contributed by atoms with E-state index < -0.39 is 0 Å². The van der Waals surface area contributed by atoms with Gasteiger partial charge in [-0.25, -0.2) is 0 Å². The summed E-state index contributed by atoms with van der Waals surface area (Å²) in [7, 11) is 0. The van der Waals surface area contributed by atoms with Crippen LogP contribution in [0.25, 0.3) is 0 Å². The molecule has 1 saturated heterocycles. The van der Waals surface area contributed by atoms with Crippen LogP contribution in [0.5, 0.6) is 0 Å². The van der Waals surface area contributed by atoms with Crippen LogP contribution in [0, 0.1) is 23.7 Å². The molecule has 5 rings (SSSR count). The van der Waals surface area contributed by atoms with Crippen LogP contribution in [0.4, 0.5) is 0 Å². The maximum atomic E-state index is 9.55. The number of piperazine rings is 1. The zero-order chi connectivity index (χ0) is 17.1. The first-order valence-corrected chi connectivity index (χ1v) is 10.1. The van der Waals surface area contributed by atoms with E-state index in [0.29, 0.717) is 41.8 Å². The van der Waals surface area contributed by atoms with Crippen LogP contribution in [-0.2, 0) is 0 Å². The van der Waals surface area contributed by atoms with Crippen LogP contribution in [0.15, 0.2) is 10.3 Å². The van der Waals surface area contributed by atoms with Crippen molar-refractivity contribution in [3.8, 4) is 0 Å². The molecule has 0 unspecified atom stereocenters. The molecule has 7 atom stereocenters. The van der Waals surface area contributed by atoms with E-state index in [1.165, 1.54) is 38.5 Å². The molecule has 4 bridgehead atoms. The Labute approximate surface area is 149 Å². The van der Waals surface area contributed by atoms with Gasteiger partial charge in [0.15, 0.2) is 0 Å². The summed E-state index contributed by atoms with van der Waals surface area (Å²) in [6.45, 7) is 5.40. The Morgan fingerprint density at radius 3 is 2.04 bits per heavy atom. The van der Waals surface area contributed by atoms with E-state index >= 15 is 0 Å². The van der Waals surface area contributed by atoms with Crippen molar-refractivity contribution in [2.24, 2.45) is 34.0 Å². The third kappa shape index (κ3) is 2.29. The molecule has 0 aromatic carbocycles. The van der Waals surface area contributed by atoms with Gasteiger partial charge in [0.2, 0.25) is 0 Å². The topological polar surface area (TPSA) is 71.7 Å². The molecule has 138 valence electrons. The summed E-state index contributed by atoms with van der Waals surface area (Å²) in [5, 5.41) is 26.5. The Hall–Kier alpha value is -1.14. The lowest BCUT2D eigenvalue weighted by Gasteiger charge is -2.48. The normalized spacial score (nSPS) is 50.5. The van der Waals surface area contributed by atoms with Gasteiger partial charge in [0.1, 0.15) is 0 Å². The minimum absolute atomic E-state index is 0.354. The zero-order valence-corrected chi connectivity index (χ0v) is 15.1. The number of oxime groups is 2. The first-order chi connectivity index (χ1) is 12.2. The number of rotatable bonds is 2. The Balaban J connectivity index is 1.31. The van der Waals surface area contributed by atoms with Gasteiger partial charge >= 0.3 is 0 Å². The fourth-order valence-electron chi connectivity index (χ4n) is 6.98. The van der Waals surface area contributed by atoms with Gasteiger partial charge in [-0.05, 0) is 57.3 Å². The second kappa shape index (κ2) is 5.95. The molecule has 5 fully saturated rings. The fourth-order valence-corrected chi connectivity index (χ4v) is 6.98. The van der Waals surface area contributed by atoms with Crippen LogP contribution >= 0.6 is 0 Å². The second-order valence-corrected chi connectivity index (χ2v) is 9.06. The minimum atomic E-state index is 0.354. The molecular weight excluding hydrogens is 316 g/mol. The first kappa shape index (κ1) is 16.1. The highest BCUT2D eigenvalue weighted by atomic mass is 16.4. The Morgan fingerprint density at radius 2 is 1.44 bits per heavy atom. The predicted molar refractivity (Wildman–Crippen MR) is 95.4 cm³/mol. The van der Waals surface area contributed by atoms with E-state index in [-0.39, 0.29) is 0 Å². The summed E-state index contributed by atoms with van der Waals surface area (Å²) in [5.74, 6) is 2.41. The largest absolute Gasteiger partial charge is 0.411 e.